The maximum absolute atomic E-state index is 12.4. The van der Waals surface area contributed by atoms with Crippen LogP contribution in [0.3, 0.4) is 0 Å². The topological polar surface area (TPSA) is 53.3 Å². The summed E-state index contributed by atoms with van der Waals surface area (Å²) in [4.78, 5) is 16.8. The number of benzene rings is 2. The summed E-state index contributed by atoms with van der Waals surface area (Å²) in [5.74, 6) is -0.417. The van der Waals surface area contributed by atoms with Crippen LogP contribution in [0.15, 0.2) is 67.0 Å². The van der Waals surface area contributed by atoms with Crippen LogP contribution in [0.25, 0.3) is 11.3 Å². The lowest BCUT2D eigenvalue weighted by Gasteiger charge is -2.33. The molecule has 150 valence electrons. The largest absolute Gasteiger partial charge is 0.464 e. The van der Waals surface area contributed by atoms with Crippen molar-refractivity contribution in [3.8, 4) is 11.3 Å². The first-order valence-corrected chi connectivity index (χ1v) is 10.1. The fourth-order valence-corrected chi connectivity index (χ4v) is 4.11. The molecule has 0 N–H and O–H groups in total. The van der Waals surface area contributed by atoms with Gasteiger partial charge in [0.1, 0.15) is 0 Å². The van der Waals surface area contributed by atoms with Crippen molar-refractivity contribution >= 4 is 5.97 Å². The van der Waals surface area contributed by atoms with E-state index in [9.17, 15) is 4.79 Å². The first-order chi connectivity index (χ1) is 14.3. The van der Waals surface area contributed by atoms with E-state index in [-0.39, 0.29) is 12.1 Å². The summed E-state index contributed by atoms with van der Waals surface area (Å²) in [6.07, 6.45) is 6.12. The molecule has 29 heavy (non-hydrogen) atoms. The van der Waals surface area contributed by atoms with E-state index in [1.54, 1.807) is 6.33 Å². The van der Waals surface area contributed by atoms with Crippen molar-refractivity contribution in [1.29, 1.82) is 0 Å². The van der Waals surface area contributed by atoms with E-state index in [1.807, 2.05) is 48.5 Å². The quantitative estimate of drug-likeness (QED) is 0.554. The Hall–Kier alpha value is -2.92. The van der Waals surface area contributed by atoms with Gasteiger partial charge in [0.15, 0.2) is 5.69 Å². The summed E-state index contributed by atoms with van der Waals surface area (Å²) in [7, 11) is 1.39. The van der Waals surface area contributed by atoms with Crippen molar-refractivity contribution in [2.45, 2.75) is 44.4 Å². The zero-order valence-corrected chi connectivity index (χ0v) is 16.7. The highest BCUT2D eigenvalue weighted by Crippen LogP contribution is 2.36. The monoisotopic (exact) mass is 390 g/mol. The molecular formula is C24H26N2O3. The summed E-state index contributed by atoms with van der Waals surface area (Å²) in [5.41, 5.74) is 3.28. The van der Waals surface area contributed by atoms with E-state index < -0.39 is 5.97 Å². The SMILES string of the molecule is COC(=O)c1ncn([C@@H]2CCCC[C@H]2OCc2ccccc2)c1-c1ccccc1. The lowest BCUT2D eigenvalue weighted by atomic mass is 9.91. The molecule has 0 saturated heterocycles. The number of esters is 1. The van der Waals surface area contributed by atoms with Crippen molar-refractivity contribution < 1.29 is 14.3 Å². The molecule has 0 unspecified atom stereocenters. The maximum atomic E-state index is 12.4. The van der Waals surface area contributed by atoms with Gasteiger partial charge >= 0.3 is 5.97 Å². The third-order valence-electron chi connectivity index (χ3n) is 5.55. The van der Waals surface area contributed by atoms with Crippen LogP contribution in [0.5, 0.6) is 0 Å². The molecular weight excluding hydrogens is 364 g/mol. The highest BCUT2D eigenvalue weighted by Gasteiger charge is 2.31. The lowest BCUT2D eigenvalue weighted by molar-refractivity contribution is -0.0159. The van der Waals surface area contributed by atoms with E-state index in [1.165, 1.54) is 12.7 Å². The van der Waals surface area contributed by atoms with Crippen LogP contribution in [-0.2, 0) is 16.1 Å². The Labute approximate surface area is 171 Å². The summed E-state index contributed by atoms with van der Waals surface area (Å²) in [6, 6.07) is 20.3. The number of carbonyl (C=O) groups is 1. The van der Waals surface area contributed by atoms with Gasteiger partial charge in [-0.1, -0.05) is 73.5 Å². The Balaban J connectivity index is 1.66. The molecule has 1 aliphatic rings. The standard InChI is InChI=1S/C24H26N2O3/c1-28-24(27)22-23(19-12-6-3-7-13-19)26(17-25-22)20-14-8-9-15-21(20)29-16-18-10-4-2-5-11-18/h2-7,10-13,17,20-21H,8-9,14-16H2,1H3/t20-,21-/m1/s1. The van der Waals surface area contributed by atoms with E-state index in [4.69, 9.17) is 9.47 Å². The zero-order valence-electron chi connectivity index (χ0n) is 16.7. The van der Waals surface area contributed by atoms with Gasteiger partial charge < -0.3 is 14.0 Å². The summed E-state index contributed by atoms with van der Waals surface area (Å²) in [6.45, 7) is 0.585. The highest BCUT2D eigenvalue weighted by molar-refractivity contribution is 5.94. The van der Waals surface area contributed by atoms with Crippen LogP contribution in [0.2, 0.25) is 0 Å². The van der Waals surface area contributed by atoms with E-state index in [0.717, 1.165) is 36.9 Å². The molecule has 2 atom stereocenters. The summed E-state index contributed by atoms with van der Waals surface area (Å²) in [5, 5.41) is 0. The average Bonchev–Trinajstić information content (AvgIpc) is 3.23. The van der Waals surface area contributed by atoms with Crippen LogP contribution in [0.1, 0.15) is 47.8 Å². The van der Waals surface area contributed by atoms with Gasteiger partial charge in [-0.05, 0) is 18.4 Å². The normalized spacial score (nSPS) is 19.1. The molecule has 1 heterocycles. The predicted octanol–water partition coefficient (Wildman–Crippen LogP) is 5.04. The number of ether oxygens (including phenoxy) is 2. The van der Waals surface area contributed by atoms with Crippen molar-refractivity contribution in [3.05, 3.63) is 78.2 Å². The number of rotatable bonds is 6. The molecule has 0 aliphatic heterocycles. The molecule has 1 aliphatic carbocycles. The minimum absolute atomic E-state index is 0.0751. The molecule has 0 spiro atoms. The van der Waals surface area contributed by atoms with E-state index in [2.05, 4.69) is 21.7 Å². The Morgan fingerprint density at radius 1 is 1.03 bits per heavy atom. The number of methoxy groups -OCH3 is 1. The first-order valence-electron chi connectivity index (χ1n) is 10.1. The molecule has 1 aromatic heterocycles. The van der Waals surface area contributed by atoms with Gasteiger partial charge in [-0.25, -0.2) is 9.78 Å². The van der Waals surface area contributed by atoms with Crippen LogP contribution in [-0.4, -0.2) is 28.7 Å². The molecule has 4 rings (SSSR count). The van der Waals surface area contributed by atoms with Crippen LogP contribution in [0, 0.1) is 0 Å². The van der Waals surface area contributed by atoms with Gasteiger partial charge in [-0.2, -0.15) is 0 Å². The van der Waals surface area contributed by atoms with Crippen LogP contribution in [0.4, 0.5) is 0 Å². The van der Waals surface area contributed by atoms with Gasteiger partial charge in [0.2, 0.25) is 0 Å². The molecule has 1 saturated carbocycles. The molecule has 0 bridgehead atoms. The van der Waals surface area contributed by atoms with E-state index >= 15 is 0 Å². The molecule has 0 amide bonds. The van der Waals surface area contributed by atoms with E-state index in [0.29, 0.717) is 12.3 Å². The number of hydrogen-bond acceptors (Lipinski definition) is 4. The molecule has 1 fully saturated rings. The fourth-order valence-electron chi connectivity index (χ4n) is 4.11. The predicted molar refractivity (Wildman–Crippen MR) is 112 cm³/mol. The minimum atomic E-state index is -0.417. The number of aromatic nitrogens is 2. The Morgan fingerprint density at radius 3 is 2.45 bits per heavy atom. The number of imidazole rings is 1. The average molecular weight is 390 g/mol. The highest BCUT2D eigenvalue weighted by atomic mass is 16.5. The number of nitrogens with zero attached hydrogens (tertiary/aromatic N) is 2. The van der Waals surface area contributed by atoms with Gasteiger partial charge in [-0.15, -0.1) is 0 Å². The molecule has 2 aromatic carbocycles. The molecule has 5 heteroatoms. The second-order valence-corrected chi connectivity index (χ2v) is 7.39. The Bertz CT molecular complexity index is 937. The van der Waals surface area contributed by atoms with Crippen molar-refractivity contribution in [1.82, 2.24) is 9.55 Å². The third kappa shape index (κ3) is 4.25. The smallest absolute Gasteiger partial charge is 0.358 e. The minimum Gasteiger partial charge on any atom is -0.464 e. The van der Waals surface area contributed by atoms with Crippen molar-refractivity contribution in [3.63, 3.8) is 0 Å². The van der Waals surface area contributed by atoms with Gasteiger partial charge in [-0.3, -0.25) is 0 Å². The lowest BCUT2D eigenvalue weighted by Crippen LogP contribution is -2.30. The second kappa shape index (κ2) is 9.05. The Morgan fingerprint density at radius 2 is 1.72 bits per heavy atom. The van der Waals surface area contributed by atoms with Crippen molar-refractivity contribution in [2.75, 3.05) is 7.11 Å². The molecule has 0 radical (unpaired) electrons. The van der Waals surface area contributed by atoms with Gasteiger partial charge in [0.25, 0.3) is 0 Å². The molecule has 3 aromatic rings. The first kappa shape index (κ1) is 19.4. The summed E-state index contributed by atoms with van der Waals surface area (Å²) >= 11 is 0. The van der Waals surface area contributed by atoms with Crippen LogP contribution < -0.4 is 0 Å². The second-order valence-electron chi connectivity index (χ2n) is 7.39. The number of hydrogen-bond donors (Lipinski definition) is 0. The van der Waals surface area contributed by atoms with Gasteiger partial charge in [0.05, 0.1) is 37.9 Å². The molecule has 5 nitrogen and oxygen atoms in total. The van der Waals surface area contributed by atoms with Crippen molar-refractivity contribution in [2.24, 2.45) is 0 Å². The van der Waals surface area contributed by atoms with Crippen LogP contribution >= 0.6 is 0 Å². The zero-order chi connectivity index (χ0) is 20.1. The van der Waals surface area contributed by atoms with Gasteiger partial charge in [0, 0.05) is 5.56 Å². The summed E-state index contributed by atoms with van der Waals surface area (Å²) < 4.78 is 13.5. The fraction of sp³-hybridized carbons (Fsp3) is 0.333. The maximum Gasteiger partial charge on any atom is 0.358 e. The third-order valence-corrected chi connectivity index (χ3v) is 5.55. The Kier molecular flexibility index (Phi) is 6.06. The number of carbonyl (C=O) groups excluding carboxylic acids is 1.